The van der Waals surface area contributed by atoms with E-state index in [0.29, 0.717) is 6.54 Å². The van der Waals surface area contributed by atoms with Crippen molar-refractivity contribution in [2.75, 3.05) is 37.6 Å². The zero-order valence-corrected chi connectivity index (χ0v) is 17.2. The van der Waals surface area contributed by atoms with Gasteiger partial charge in [-0.1, -0.05) is 18.2 Å². The molecule has 1 N–H and O–H groups in total. The Labute approximate surface area is 168 Å². The maximum absolute atomic E-state index is 13.0. The van der Waals surface area contributed by atoms with E-state index in [1.54, 1.807) is 6.08 Å². The summed E-state index contributed by atoms with van der Waals surface area (Å²) in [7, 11) is 0. The molecule has 5 nitrogen and oxygen atoms in total. The topological polar surface area (TPSA) is 52.7 Å². The Balaban J connectivity index is 1.49. The summed E-state index contributed by atoms with van der Waals surface area (Å²) in [5.41, 5.74) is 3.93. The molecule has 0 aromatic heterocycles. The summed E-state index contributed by atoms with van der Waals surface area (Å²) in [6.07, 6.45) is 4.96. The van der Waals surface area contributed by atoms with Gasteiger partial charge in [0.25, 0.3) is 0 Å². The smallest absolute Gasteiger partial charge is 0.225 e. The summed E-state index contributed by atoms with van der Waals surface area (Å²) in [5.74, 6) is 0.513. The van der Waals surface area contributed by atoms with Crippen molar-refractivity contribution in [3.05, 3.63) is 42.0 Å². The molecule has 1 saturated carbocycles. The summed E-state index contributed by atoms with van der Waals surface area (Å²) < 4.78 is 0. The number of benzene rings is 1. The van der Waals surface area contributed by atoms with Crippen LogP contribution in [-0.4, -0.2) is 49.4 Å². The van der Waals surface area contributed by atoms with E-state index in [1.165, 1.54) is 16.8 Å². The van der Waals surface area contributed by atoms with E-state index in [2.05, 4.69) is 48.8 Å². The minimum absolute atomic E-state index is 0.0464. The third-order valence-corrected chi connectivity index (χ3v) is 6.38. The van der Waals surface area contributed by atoms with Crippen LogP contribution < -0.4 is 10.2 Å². The third-order valence-electron chi connectivity index (χ3n) is 6.38. The average molecular weight is 384 g/mol. The molecular weight excluding hydrogens is 350 g/mol. The van der Waals surface area contributed by atoms with E-state index < -0.39 is 0 Å². The lowest BCUT2D eigenvalue weighted by Gasteiger charge is -2.39. The largest absolute Gasteiger partial charge is 0.368 e. The van der Waals surface area contributed by atoms with E-state index >= 15 is 0 Å². The zero-order valence-electron chi connectivity index (χ0n) is 17.2. The van der Waals surface area contributed by atoms with Crippen LogP contribution in [0.1, 0.15) is 36.8 Å². The first-order valence-corrected chi connectivity index (χ1v) is 10.5. The number of piperazine rings is 1. The number of amides is 2. The second kappa shape index (κ2) is 9.26. The van der Waals surface area contributed by atoms with Crippen molar-refractivity contribution in [3.8, 4) is 0 Å². The predicted molar refractivity (Wildman–Crippen MR) is 113 cm³/mol. The van der Waals surface area contributed by atoms with Gasteiger partial charge in [0.1, 0.15) is 0 Å². The lowest BCUT2D eigenvalue weighted by molar-refractivity contribution is -0.138. The van der Waals surface area contributed by atoms with Crippen molar-refractivity contribution in [1.29, 1.82) is 0 Å². The molecule has 2 aliphatic rings. The van der Waals surface area contributed by atoms with Crippen LogP contribution >= 0.6 is 0 Å². The van der Waals surface area contributed by atoms with E-state index in [-0.39, 0.29) is 23.7 Å². The van der Waals surface area contributed by atoms with E-state index in [0.717, 1.165) is 51.9 Å². The summed E-state index contributed by atoms with van der Waals surface area (Å²) in [5, 5.41) is 2.88. The van der Waals surface area contributed by atoms with Crippen molar-refractivity contribution >= 4 is 17.5 Å². The number of rotatable bonds is 5. The van der Waals surface area contributed by atoms with Crippen molar-refractivity contribution in [2.24, 2.45) is 11.8 Å². The predicted octanol–water partition coefficient (Wildman–Crippen LogP) is 3.06. The molecule has 2 amide bonds. The van der Waals surface area contributed by atoms with Gasteiger partial charge >= 0.3 is 0 Å². The van der Waals surface area contributed by atoms with Gasteiger partial charge in [0.15, 0.2) is 0 Å². The molecule has 1 saturated heterocycles. The summed E-state index contributed by atoms with van der Waals surface area (Å²) in [6, 6.07) is 6.43. The highest BCUT2D eigenvalue weighted by Gasteiger charge is 2.33. The van der Waals surface area contributed by atoms with Crippen molar-refractivity contribution in [3.63, 3.8) is 0 Å². The fourth-order valence-electron chi connectivity index (χ4n) is 4.42. The fraction of sp³-hybridized carbons (Fsp3) is 0.565. The summed E-state index contributed by atoms with van der Waals surface area (Å²) in [6.45, 7) is 11.8. The van der Waals surface area contributed by atoms with Crippen molar-refractivity contribution in [1.82, 2.24) is 10.2 Å². The Hall–Kier alpha value is -2.30. The molecule has 3 rings (SSSR count). The maximum Gasteiger partial charge on any atom is 0.225 e. The molecule has 0 unspecified atom stereocenters. The molecule has 1 aliphatic carbocycles. The molecule has 0 radical (unpaired) electrons. The molecule has 0 bridgehead atoms. The van der Waals surface area contributed by atoms with Gasteiger partial charge in [-0.05, 0) is 56.7 Å². The second-order valence-corrected chi connectivity index (χ2v) is 8.11. The van der Waals surface area contributed by atoms with E-state index in [9.17, 15) is 9.59 Å². The standard InChI is InChI=1S/C23H33N3O2/c1-4-12-24-22(27)19-8-10-20(11-9-19)23(28)26-15-13-25(14-16-26)21-7-5-6-17(2)18(21)3/h4-7,19-20H,1,8-16H2,2-3H3,(H,24,27). The molecule has 152 valence electrons. The van der Waals surface area contributed by atoms with Crippen LogP contribution in [0.4, 0.5) is 5.69 Å². The second-order valence-electron chi connectivity index (χ2n) is 8.11. The fourth-order valence-corrected chi connectivity index (χ4v) is 4.42. The van der Waals surface area contributed by atoms with Gasteiger partial charge in [-0.15, -0.1) is 6.58 Å². The molecule has 5 heteroatoms. The lowest BCUT2D eigenvalue weighted by Crippen LogP contribution is -2.51. The normalized spacial score (nSPS) is 22.6. The van der Waals surface area contributed by atoms with Crippen LogP contribution in [-0.2, 0) is 9.59 Å². The van der Waals surface area contributed by atoms with Crippen molar-refractivity contribution in [2.45, 2.75) is 39.5 Å². The first-order chi connectivity index (χ1) is 13.5. The summed E-state index contributed by atoms with van der Waals surface area (Å²) in [4.78, 5) is 29.5. The Morgan fingerprint density at radius 3 is 2.36 bits per heavy atom. The van der Waals surface area contributed by atoms with Gasteiger partial charge in [0.05, 0.1) is 0 Å². The number of hydrogen-bond donors (Lipinski definition) is 1. The molecule has 1 aromatic rings. The van der Waals surface area contributed by atoms with Crippen molar-refractivity contribution < 1.29 is 9.59 Å². The van der Waals surface area contributed by atoms with Gasteiger partial charge in [-0.2, -0.15) is 0 Å². The average Bonchev–Trinajstić information content (AvgIpc) is 2.73. The Morgan fingerprint density at radius 1 is 1.07 bits per heavy atom. The number of carbonyl (C=O) groups excluding carboxylic acids is 2. The molecule has 2 fully saturated rings. The highest BCUT2D eigenvalue weighted by atomic mass is 16.2. The monoisotopic (exact) mass is 383 g/mol. The van der Waals surface area contributed by atoms with Gasteiger partial charge < -0.3 is 15.1 Å². The van der Waals surface area contributed by atoms with E-state index in [4.69, 9.17) is 0 Å². The summed E-state index contributed by atoms with van der Waals surface area (Å²) >= 11 is 0. The number of hydrogen-bond acceptors (Lipinski definition) is 3. The first kappa shape index (κ1) is 20.4. The molecule has 1 heterocycles. The third kappa shape index (κ3) is 4.57. The number of carbonyl (C=O) groups is 2. The van der Waals surface area contributed by atoms with Crippen LogP contribution in [0.2, 0.25) is 0 Å². The Kier molecular flexibility index (Phi) is 6.76. The maximum atomic E-state index is 13.0. The Bertz CT molecular complexity index is 715. The highest BCUT2D eigenvalue weighted by molar-refractivity contribution is 5.81. The minimum Gasteiger partial charge on any atom is -0.368 e. The van der Waals surface area contributed by atoms with E-state index in [1.807, 2.05) is 4.90 Å². The van der Waals surface area contributed by atoms with Crippen LogP contribution in [0.15, 0.2) is 30.9 Å². The lowest BCUT2D eigenvalue weighted by atomic mass is 9.81. The number of aryl methyl sites for hydroxylation is 1. The minimum atomic E-state index is 0.0464. The SMILES string of the molecule is C=CCNC(=O)C1CCC(C(=O)N2CCN(c3cccc(C)c3C)CC2)CC1. The molecule has 0 atom stereocenters. The number of nitrogens with one attached hydrogen (secondary N) is 1. The highest BCUT2D eigenvalue weighted by Crippen LogP contribution is 2.31. The van der Waals surface area contributed by atoms with Crippen LogP contribution in [0, 0.1) is 25.7 Å². The van der Waals surface area contributed by atoms with Crippen LogP contribution in [0.25, 0.3) is 0 Å². The van der Waals surface area contributed by atoms with Gasteiger partial charge in [-0.25, -0.2) is 0 Å². The number of anilines is 1. The molecule has 1 aliphatic heterocycles. The quantitative estimate of drug-likeness (QED) is 0.795. The molecule has 1 aromatic carbocycles. The van der Waals surface area contributed by atoms with Gasteiger partial charge in [0, 0.05) is 50.2 Å². The molecular formula is C23H33N3O2. The number of nitrogens with zero attached hydrogens (tertiary/aromatic N) is 2. The molecule has 28 heavy (non-hydrogen) atoms. The molecule has 0 spiro atoms. The Morgan fingerprint density at radius 2 is 1.71 bits per heavy atom. The van der Waals surface area contributed by atoms with Crippen LogP contribution in [0.3, 0.4) is 0 Å². The zero-order chi connectivity index (χ0) is 20.1. The van der Waals surface area contributed by atoms with Crippen LogP contribution in [0.5, 0.6) is 0 Å². The van der Waals surface area contributed by atoms with Gasteiger partial charge in [-0.3, -0.25) is 9.59 Å². The first-order valence-electron chi connectivity index (χ1n) is 10.5. The van der Waals surface area contributed by atoms with Gasteiger partial charge in [0.2, 0.25) is 11.8 Å².